The van der Waals surface area contributed by atoms with E-state index in [4.69, 9.17) is 5.11 Å². The average molecular weight is 367 g/mol. The van der Waals surface area contributed by atoms with E-state index in [9.17, 15) is 14.0 Å². The molecule has 1 amide bonds. The lowest BCUT2D eigenvalue weighted by Gasteiger charge is -2.14. The summed E-state index contributed by atoms with van der Waals surface area (Å²) in [7, 11) is 1.31. The number of carbonyl (C=O) groups excluding carboxylic acids is 1. The van der Waals surface area contributed by atoms with E-state index in [1.54, 1.807) is 6.07 Å². The van der Waals surface area contributed by atoms with Gasteiger partial charge in [0.15, 0.2) is 6.04 Å². The number of benzene rings is 1. The minimum atomic E-state index is -1.24. The highest BCUT2D eigenvalue weighted by atomic mass is 127. The van der Waals surface area contributed by atoms with Crippen molar-refractivity contribution < 1.29 is 23.8 Å². The number of hydrogen-bond acceptors (Lipinski definition) is 3. The molecule has 0 saturated heterocycles. The molecule has 0 fully saturated rings. The topological polar surface area (TPSA) is 75.6 Å². The van der Waals surface area contributed by atoms with E-state index in [2.05, 4.69) is 10.1 Å². The number of carboxylic acids is 1. The number of halogens is 2. The standard InChI is InChI=1S/C11H11FINO4/c1-18-5-8(11(16)17)14-10(15)9-6(12)3-2-4-7(9)13/h2-4,8H,5H2,1H3,(H,14,15)(H,16,17). The van der Waals surface area contributed by atoms with Crippen LogP contribution in [0.25, 0.3) is 0 Å². The molecule has 0 aliphatic rings. The fourth-order valence-corrected chi connectivity index (χ4v) is 2.00. The second-order valence-corrected chi connectivity index (χ2v) is 4.58. The molecule has 0 radical (unpaired) electrons. The molecule has 0 bridgehead atoms. The summed E-state index contributed by atoms with van der Waals surface area (Å²) in [6, 6.07) is 2.96. The van der Waals surface area contributed by atoms with Crippen molar-refractivity contribution in [2.24, 2.45) is 0 Å². The van der Waals surface area contributed by atoms with Crippen molar-refractivity contribution >= 4 is 34.5 Å². The number of amides is 1. The number of carbonyl (C=O) groups is 2. The SMILES string of the molecule is COCC(NC(=O)c1c(F)cccc1I)C(=O)O. The Labute approximate surface area is 116 Å². The fourth-order valence-electron chi connectivity index (χ4n) is 1.29. The Bertz CT molecular complexity index is 446. The largest absolute Gasteiger partial charge is 0.480 e. The average Bonchev–Trinajstić information content (AvgIpc) is 2.28. The van der Waals surface area contributed by atoms with Crippen molar-refractivity contribution in [3.05, 3.63) is 33.1 Å². The van der Waals surface area contributed by atoms with Crippen LogP contribution >= 0.6 is 22.6 Å². The van der Waals surface area contributed by atoms with Crippen LogP contribution in [0.2, 0.25) is 0 Å². The third kappa shape index (κ3) is 3.64. The van der Waals surface area contributed by atoms with E-state index in [-0.39, 0.29) is 12.2 Å². The van der Waals surface area contributed by atoms with Gasteiger partial charge in [0.05, 0.1) is 12.2 Å². The van der Waals surface area contributed by atoms with Crippen LogP contribution in [0, 0.1) is 9.39 Å². The summed E-state index contributed by atoms with van der Waals surface area (Å²) in [6.07, 6.45) is 0. The highest BCUT2D eigenvalue weighted by molar-refractivity contribution is 14.1. The van der Waals surface area contributed by atoms with Gasteiger partial charge in [-0.15, -0.1) is 0 Å². The molecule has 2 N–H and O–H groups in total. The third-order valence-electron chi connectivity index (χ3n) is 2.13. The summed E-state index contributed by atoms with van der Waals surface area (Å²) in [4.78, 5) is 22.6. The van der Waals surface area contributed by atoms with Crippen molar-refractivity contribution in [3.63, 3.8) is 0 Å². The van der Waals surface area contributed by atoms with E-state index in [0.29, 0.717) is 3.57 Å². The molecule has 1 atom stereocenters. The number of ether oxygens (including phenoxy) is 1. The zero-order valence-electron chi connectivity index (χ0n) is 9.44. The Morgan fingerprint density at radius 3 is 2.72 bits per heavy atom. The number of nitrogens with one attached hydrogen (secondary N) is 1. The monoisotopic (exact) mass is 367 g/mol. The molecule has 1 unspecified atom stereocenters. The summed E-state index contributed by atoms with van der Waals surface area (Å²) in [5.41, 5.74) is -0.166. The molecule has 5 nitrogen and oxygen atoms in total. The molecule has 98 valence electrons. The zero-order valence-corrected chi connectivity index (χ0v) is 11.6. The summed E-state index contributed by atoms with van der Waals surface area (Å²) in [5, 5.41) is 11.1. The minimum absolute atomic E-state index is 0.166. The molecule has 1 aromatic carbocycles. The summed E-state index contributed by atoms with van der Waals surface area (Å²) in [5.74, 6) is -2.71. The Kier molecular flexibility index (Phi) is 5.48. The third-order valence-corrected chi connectivity index (χ3v) is 3.03. The molecule has 0 saturated carbocycles. The Hall–Kier alpha value is -1.22. The van der Waals surface area contributed by atoms with Gasteiger partial charge >= 0.3 is 5.97 Å². The van der Waals surface area contributed by atoms with E-state index < -0.39 is 23.7 Å². The highest BCUT2D eigenvalue weighted by Gasteiger charge is 2.23. The molecule has 0 aliphatic carbocycles. The van der Waals surface area contributed by atoms with Crippen LogP contribution in [0.4, 0.5) is 4.39 Å². The first-order valence-electron chi connectivity index (χ1n) is 4.94. The maximum atomic E-state index is 13.5. The lowest BCUT2D eigenvalue weighted by molar-refractivity contribution is -0.140. The molecular formula is C11H11FINO4. The number of hydrogen-bond donors (Lipinski definition) is 2. The number of methoxy groups -OCH3 is 1. The van der Waals surface area contributed by atoms with Crippen molar-refractivity contribution in [1.82, 2.24) is 5.32 Å². The van der Waals surface area contributed by atoms with Crippen molar-refractivity contribution in [1.29, 1.82) is 0 Å². The van der Waals surface area contributed by atoms with Gasteiger partial charge in [-0.2, -0.15) is 0 Å². The van der Waals surface area contributed by atoms with Crippen LogP contribution in [0.3, 0.4) is 0 Å². The maximum Gasteiger partial charge on any atom is 0.328 e. The second-order valence-electron chi connectivity index (χ2n) is 3.42. The Balaban J connectivity index is 2.90. The Morgan fingerprint density at radius 2 is 2.22 bits per heavy atom. The molecule has 0 aromatic heterocycles. The van der Waals surface area contributed by atoms with Gasteiger partial charge in [-0.3, -0.25) is 4.79 Å². The van der Waals surface area contributed by atoms with Gasteiger partial charge in [0.1, 0.15) is 5.82 Å². The van der Waals surface area contributed by atoms with Gasteiger partial charge in [-0.05, 0) is 34.7 Å². The predicted molar refractivity (Wildman–Crippen MR) is 69.9 cm³/mol. The van der Waals surface area contributed by atoms with Crippen LogP contribution < -0.4 is 5.32 Å². The molecule has 1 aromatic rings. The van der Waals surface area contributed by atoms with Crippen LogP contribution in [-0.2, 0) is 9.53 Å². The van der Waals surface area contributed by atoms with Crippen LogP contribution in [0.1, 0.15) is 10.4 Å². The lowest BCUT2D eigenvalue weighted by atomic mass is 10.2. The quantitative estimate of drug-likeness (QED) is 0.769. The molecular weight excluding hydrogens is 356 g/mol. The lowest BCUT2D eigenvalue weighted by Crippen LogP contribution is -2.44. The van der Waals surface area contributed by atoms with Crippen molar-refractivity contribution in [3.8, 4) is 0 Å². The first kappa shape index (κ1) is 14.8. The van der Waals surface area contributed by atoms with E-state index in [0.717, 1.165) is 6.07 Å². The summed E-state index contributed by atoms with van der Waals surface area (Å²) < 4.78 is 18.6. The van der Waals surface area contributed by atoms with E-state index in [1.807, 2.05) is 22.6 Å². The van der Waals surface area contributed by atoms with Crippen molar-refractivity contribution in [2.75, 3.05) is 13.7 Å². The van der Waals surface area contributed by atoms with Gasteiger partial charge in [-0.1, -0.05) is 6.07 Å². The first-order valence-corrected chi connectivity index (χ1v) is 6.02. The zero-order chi connectivity index (χ0) is 13.7. The Morgan fingerprint density at radius 1 is 1.56 bits per heavy atom. The normalized spacial score (nSPS) is 11.9. The van der Waals surface area contributed by atoms with Crippen molar-refractivity contribution in [2.45, 2.75) is 6.04 Å². The summed E-state index contributed by atoms with van der Waals surface area (Å²) in [6.45, 7) is -0.188. The number of rotatable bonds is 5. The van der Waals surface area contributed by atoms with Gasteiger partial charge in [0.25, 0.3) is 5.91 Å². The minimum Gasteiger partial charge on any atom is -0.480 e. The molecule has 18 heavy (non-hydrogen) atoms. The number of carboxylic acid groups (broad SMARTS) is 1. The molecule has 0 aliphatic heterocycles. The maximum absolute atomic E-state index is 13.5. The van der Waals surface area contributed by atoms with Gasteiger partial charge < -0.3 is 15.2 Å². The van der Waals surface area contributed by atoms with E-state index in [1.165, 1.54) is 13.2 Å². The molecule has 1 rings (SSSR count). The second kappa shape index (κ2) is 6.64. The fraction of sp³-hybridized carbons (Fsp3) is 0.273. The molecule has 7 heteroatoms. The van der Waals surface area contributed by atoms with Gasteiger partial charge in [-0.25, -0.2) is 9.18 Å². The first-order chi connectivity index (χ1) is 8.47. The van der Waals surface area contributed by atoms with Crippen LogP contribution in [-0.4, -0.2) is 36.7 Å². The summed E-state index contributed by atoms with van der Waals surface area (Å²) >= 11 is 1.81. The smallest absolute Gasteiger partial charge is 0.328 e. The van der Waals surface area contributed by atoms with Crippen LogP contribution in [0.5, 0.6) is 0 Å². The number of aliphatic carboxylic acids is 1. The van der Waals surface area contributed by atoms with Gasteiger partial charge in [0.2, 0.25) is 0 Å². The molecule has 0 heterocycles. The predicted octanol–water partition coefficient (Wildman–Crippen LogP) is 1.26. The molecule has 0 spiro atoms. The van der Waals surface area contributed by atoms with E-state index >= 15 is 0 Å². The van der Waals surface area contributed by atoms with Gasteiger partial charge in [0, 0.05) is 10.7 Å². The highest BCUT2D eigenvalue weighted by Crippen LogP contribution is 2.15. The van der Waals surface area contributed by atoms with Crippen LogP contribution in [0.15, 0.2) is 18.2 Å².